The molecule has 1 unspecified atom stereocenters. The number of nitrogens with one attached hydrogen (secondary N) is 1. The number of hydrogen-bond donors (Lipinski definition) is 1. The molecule has 0 aromatic carbocycles. The number of thioether (sulfide) groups is 1. The van der Waals surface area contributed by atoms with Gasteiger partial charge in [-0.3, -0.25) is 0 Å². The van der Waals surface area contributed by atoms with E-state index in [1.54, 1.807) is 11.3 Å². The second-order valence-electron chi connectivity index (χ2n) is 3.19. The molecule has 1 aromatic rings. The van der Waals surface area contributed by atoms with Gasteiger partial charge in [0.15, 0.2) is 4.34 Å². The summed E-state index contributed by atoms with van der Waals surface area (Å²) in [5.74, 6) is 1.13. The van der Waals surface area contributed by atoms with Gasteiger partial charge in [0, 0.05) is 11.8 Å². The molecule has 1 saturated heterocycles. The molecule has 80 valence electrons. The van der Waals surface area contributed by atoms with Crippen LogP contribution in [-0.4, -0.2) is 28.5 Å². The van der Waals surface area contributed by atoms with E-state index < -0.39 is 0 Å². The summed E-state index contributed by atoms with van der Waals surface area (Å²) in [5, 5.41) is 12.6. The molecule has 14 heavy (non-hydrogen) atoms. The van der Waals surface area contributed by atoms with Crippen molar-refractivity contribution in [2.24, 2.45) is 0 Å². The summed E-state index contributed by atoms with van der Waals surface area (Å²) in [6.07, 6.45) is 2.63. The number of halogens is 1. The van der Waals surface area contributed by atoms with Crippen molar-refractivity contribution in [3.8, 4) is 0 Å². The average Bonchev–Trinajstić information content (AvgIpc) is 2.71. The summed E-state index contributed by atoms with van der Waals surface area (Å²) < 4.78 is 1.10. The zero-order valence-corrected chi connectivity index (χ0v) is 10.5. The molecule has 1 aliphatic rings. The lowest BCUT2D eigenvalue weighted by molar-refractivity contribution is 0.674. The molecule has 1 aliphatic heterocycles. The summed E-state index contributed by atoms with van der Waals surface area (Å²) in [5.41, 5.74) is 0. The van der Waals surface area contributed by atoms with Crippen molar-refractivity contribution in [1.82, 2.24) is 15.5 Å². The maximum Gasteiger partial charge on any atom is 0.174 e. The van der Waals surface area contributed by atoms with Gasteiger partial charge in [-0.05, 0) is 26.3 Å². The first kappa shape index (κ1) is 12.2. The van der Waals surface area contributed by atoms with E-state index in [9.17, 15) is 0 Å². The number of aromatic nitrogens is 2. The molecule has 0 aliphatic carbocycles. The van der Waals surface area contributed by atoms with E-state index in [1.165, 1.54) is 19.4 Å². The summed E-state index contributed by atoms with van der Waals surface area (Å²) in [7, 11) is 0. The fraction of sp³-hybridized carbons (Fsp3) is 0.750. The summed E-state index contributed by atoms with van der Waals surface area (Å²) in [6, 6.07) is 0.689. The van der Waals surface area contributed by atoms with Gasteiger partial charge >= 0.3 is 0 Å². The minimum atomic E-state index is 0. The molecule has 1 fully saturated rings. The standard InChI is InChI=1S/C8H13N3S2.ClH/c1-6-10-11-8(13-6)12-5-7-3-2-4-9-7;/h7,9H,2-5H2,1H3;1H. The Bertz CT molecular complexity index is 273. The molecule has 2 rings (SSSR count). The van der Waals surface area contributed by atoms with Gasteiger partial charge in [0.1, 0.15) is 5.01 Å². The Labute approximate surface area is 98.5 Å². The minimum absolute atomic E-state index is 0. The van der Waals surface area contributed by atoms with Crippen molar-refractivity contribution in [3.63, 3.8) is 0 Å². The molecule has 0 radical (unpaired) electrons. The van der Waals surface area contributed by atoms with Crippen LogP contribution in [0.25, 0.3) is 0 Å². The average molecular weight is 252 g/mol. The lowest BCUT2D eigenvalue weighted by atomic mass is 10.3. The van der Waals surface area contributed by atoms with E-state index in [0.29, 0.717) is 6.04 Å². The number of nitrogens with zero attached hydrogens (tertiary/aromatic N) is 2. The Morgan fingerprint density at radius 1 is 1.57 bits per heavy atom. The lowest BCUT2D eigenvalue weighted by Crippen LogP contribution is -2.23. The van der Waals surface area contributed by atoms with E-state index in [2.05, 4.69) is 15.5 Å². The van der Waals surface area contributed by atoms with Crippen molar-refractivity contribution in [1.29, 1.82) is 0 Å². The maximum absolute atomic E-state index is 4.08. The fourth-order valence-electron chi connectivity index (χ4n) is 1.41. The Morgan fingerprint density at radius 3 is 3.00 bits per heavy atom. The highest BCUT2D eigenvalue weighted by Crippen LogP contribution is 2.24. The monoisotopic (exact) mass is 251 g/mol. The molecule has 3 nitrogen and oxygen atoms in total. The Morgan fingerprint density at radius 2 is 2.43 bits per heavy atom. The topological polar surface area (TPSA) is 37.8 Å². The van der Waals surface area contributed by atoms with Crippen molar-refractivity contribution in [2.45, 2.75) is 30.1 Å². The van der Waals surface area contributed by atoms with E-state index in [4.69, 9.17) is 0 Å². The molecule has 0 bridgehead atoms. The Hall–Kier alpha value is 0.160. The fourth-order valence-corrected chi connectivity index (χ4v) is 3.35. The third-order valence-corrected chi connectivity index (χ3v) is 4.21. The minimum Gasteiger partial charge on any atom is -0.313 e. The molecule has 2 heterocycles. The van der Waals surface area contributed by atoms with Gasteiger partial charge < -0.3 is 5.32 Å². The lowest BCUT2D eigenvalue weighted by Gasteiger charge is -2.06. The van der Waals surface area contributed by atoms with E-state index >= 15 is 0 Å². The van der Waals surface area contributed by atoms with Crippen LogP contribution in [0.1, 0.15) is 17.8 Å². The van der Waals surface area contributed by atoms with Gasteiger partial charge in [-0.15, -0.1) is 22.6 Å². The van der Waals surface area contributed by atoms with Crippen LogP contribution in [0.3, 0.4) is 0 Å². The quantitative estimate of drug-likeness (QED) is 0.836. The summed E-state index contributed by atoms with van der Waals surface area (Å²) in [6.45, 7) is 3.18. The van der Waals surface area contributed by atoms with Gasteiger partial charge in [0.05, 0.1) is 0 Å². The van der Waals surface area contributed by atoms with E-state index in [-0.39, 0.29) is 12.4 Å². The number of aryl methyl sites for hydroxylation is 1. The molecule has 0 amide bonds. The smallest absolute Gasteiger partial charge is 0.174 e. The zero-order valence-electron chi connectivity index (χ0n) is 8.02. The highest BCUT2D eigenvalue weighted by atomic mass is 35.5. The highest BCUT2D eigenvalue weighted by Gasteiger charge is 2.14. The third-order valence-electron chi connectivity index (χ3n) is 2.08. The molecule has 0 saturated carbocycles. The van der Waals surface area contributed by atoms with Crippen molar-refractivity contribution in [2.75, 3.05) is 12.3 Å². The molecule has 1 atom stereocenters. The predicted octanol–water partition coefficient (Wildman–Crippen LogP) is 2.11. The highest BCUT2D eigenvalue weighted by molar-refractivity contribution is 8.01. The summed E-state index contributed by atoms with van der Waals surface area (Å²) >= 11 is 3.50. The first-order valence-corrected chi connectivity index (χ1v) is 6.31. The number of hydrogen-bond acceptors (Lipinski definition) is 5. The predicted molar refractivity (Wildman–Crippen MR) is 63.6 cm³/mol. The molecule has 6 heteroatoms. The van der Waals surface area contributed by atoms with Crippen LogP contribution in [0.5, 0.6) is 0 Å². The van der Waals surface area contributed by atoms with Crippen LogP contribution in [-0.2, 0) is 0 Å². The van der Waals surface area contributed by atoms with Gasteiger partial charge in [-0.1, -0.05) is 23.1 Å². The molecular weight excluding hydrogens is 238 g/mol. The second kappa shape index (κ2) is 5.90. The number of rotatable bonds is 3. The van der Waals surface area contributed by atoms with Gasteiger partial charge in [-0.2, -0.15) is 0 Å². The maximum atomic E-state index is 4.08. The van der Waals surface area contributed by atoms with E-state index in [1.807, 2.05) is 18.7 Å². The van der Waals surface area contributed by atoms with Crippen molar-refractivity contribution >= 4 is 35.5 Å². The van der Waals surface area contributed by atoms with Crippen LogP contribution in [0.2, 0.25) is 0 Å². The largest absolute Gasteiger partial charge is 0.313 e. The van der Waals surface area contributed by atoms with E-state index in [0.717, 1.165) is 15.1 Å². The van der Waals surface area contributed by atoms with Gasteiger partial charge in [0.2, 0.25) is 0 Å². The first-order valence-electron chi connectivity index (χ1n) is 4.51. The molecular formula is C8H14ClN3S2. The van der Waals surface area contributed by atoms with Crippen LogP contribution in [0.4, 0.5) is 0 Å². The van der Waals surface area contributed by atoms with Gasteiger partial charge in [0.25, 0.3) is 0 Å². The SMILES string of the molecule is Cc1nnc(SCC2CCCN2)s1.Cl. The van der Waals surface area contributed by atoms with Crippen molar-refractivity contribution in [3.05, 3.63) is 5.01 Å². The Balaban J connectivity index is 0.000000980. The van der Waals surface area contributed by atoms with Crippen molar-refractivity contribution < 1.29 is 0 Å². The van der Waals surface area contributed by atoms with Crippen LogP contribution in [0, 0.1) is 6.92 Å². The summed E-state index contributed by atoms with van der Waals surface area (Å²) in [4.78, 5) is 0. The molecule has 1 aromatic heterocycles. The first-order chi connectivity index (χ1) is 6.34. The van der Waals surface area contributed by atoms with Crippen LogP contribution in [0.15, 0.2) is 4.34 Å². The second-order valence-corrected chi connectivity index (χ2v) is 5.64. The van der Waals surface area contributed by atoms with Crippen LogP contribution >= 0.6 is 35.5 Å². The molecule has 0 spiro atoms. The third kappa shape index (κ3) is 3.38. The van der Waals surface area contributed by atoms with Gasteiger partial charge in [-0.25, -0.2) is 0 Å². The zero-order chi connectivity index (χ0) is 9.10. The Kier molecular flexibility index (Phi) is 5.15. The molecule has 1 N–H and O–H groups in total. The van der Waals surface area contributed by atoms with Crippen LogP contribution < -0.4 is 5.32 Å². The normalized spacial score (nSPS) is 20.8.